The molecule has 10 heavy (non-hydrogen) atoms. The second-order valence-electron chi connectivity index (χ2n) is 1.27. The molecule has 0 aromatic heterocycles. The lowest BCUT2D eigenvalue weighted by molar-refractivity contribution is 0.489. The number of nitrogens with zero attached hydrogens (tertiary/aromatic N) is 1. The standard InChI is InChI=1S/C2H5IN2O3S2/c3-5-2(4)9-1-10(6,7)8/h1H2,(H2,4,5)(H,6,7,8). The Morgan fingerprint density at radius 1 is 1.80 bits per heavy atom. The highest BCUT2D eigenvalue weighted by atomic mass is 127. The van der Waals surface area contributed by atoms with E-state index >= 15 is 0 Å². The van der Waals surface area contributed by atoms with Crippen LogP contribution in [0.2, 0.25) is 0 Å². The molecule has 3 N–H and O–H groups in total. The van der Waals surface area contributed by atoms with Gasteiger partial charge in [-0.3, -0.25) is 4.55 Å². The first-order chi connectivity index (χ1) is 4.45. The zero-order valence-corrected chi connectivity index (χ0v) is 8.48. The molecule has 5 nitrogen and oxygen atoms in total. The summed E-state index contributed by atoms with van der Waals surface area (Å²) in [7, 11) is -3.93. The molecule has 0 bridgehead atoms. The molecule has 0 aliphatic rings. The SMILES string of the molecule is NC(=NI)SCS(=O)(=O)O. The summed E-state index contributed by atoms with van der Waals surface area (Å²) in [5, 5.41) is -0.330. The van der Waals surface area contributed by atoms with Gasteiger partial charge in [-0.2, -0.15) is 11.6 Å². The second-order valence-corrected chi connectivity index (χ2v) is 4.56. The van der Waals surface area contributed by atoms with Crippen LogP contribution in [0.25, 0.3) is 0 Å². The molecule has 0 aliphatic heterocycles. The smallest absolute Gasteiger partial charge is 0.274 e. The van der Waals surface area contributed by atoms with Gasteiger partial charge in [0.1, 0.15) is 5.08 Å². The second kappa shape index (κ2) is 4.36. The third kappa shape index (κ3) is 6.58. The van der Waals surface area contributed by atoms with Crippen LogP contribution in [0.1, 0.15) is 0 Å². The van der Waals surface area contributed by atoms with Crippen LogP contribution in [0.15, 0.2) is 3.21 Å². The first-order valence-electron chi connectivity index (χ1n) is 1.98. The van der Waals surface area contributed by atoms with E-state index in [1.54, 1.807) is 22.9 Å². The van der Waals surface area contributed by atoms with Gasteiger partial charge in [0.25, 0.3) is 10.1 Å². The van der Waals surface area contributed by atoms with Crippen molar-refractivity contribution in [3.8, 4) is 0 Å². The molecule has 0 aromatic carbocycles. The van der Waals surface area contributed by atoms with E-state index in [0.29, 0.717) is 0 Å². The van der Waals surface area contributed by atoms with Gasteiger partial charge in [-0.25, -0.2) is 0 Å². The highest BCUT2D eigenvalue weighted by Crippen LogP contribution is 2.04. The largest absolute Gasteiger partial charge is 0.378 e. The number of thioether (sulfide) groups is 1. The summed E-state index contributed by atoms with van der Waals surface area (Å²) in [5.74, 6) is 0. The monoisotopic (exact) mass is 296 g/mol. The number of hydrogen-bond donors (Lipinski definition) is 2. The maximum absolute atomic E-state index is 10.1. The average molecular weight is 296 g/mol. The molecule has 0 unspecified atom stereocenters. The highest BCUT2D eigenvalue weighted by Gasteiger charge is 2.05. The Labute approximate surface area is 76.7 Å². The molecule has 0 atom stereocenters. The van der Waals surface area contributed by atoms with Crippen LogP contribution in [0.5, 0.6) is 0 Å². The summed E-state index contributed by atoms with van der Waals surface area (Å²) in [6, 6.07) is 0. The van der Waals surface area contributed by atoms with Crippen LogP contribution in [-0.4, -0.2) is 23.2 Å². The first-order valence-corrected chi connectivity index (χ1v) is 5.54. The lowest BCUT2D eigenvalue weighted by Crippen LogP contribution is -2.09. The fourth-order valence-corrected chi connectivity index (χ4v) is 1.70. The molecule has 8 heteroatoms. The number of rotatable bonds is 2. The summed E-state index contributed by atoms with van der Waals surface area (Å²) in [6.07, 6.45) is 0. The summed E-state index contributed by atoms with van der Waals surface area (Å²) < 4.78 is 31.8. The van der Waals surface area contributed by atoms with Gasteiger partial charge in [-0.1, -0.05) is 11.8 Å². The molecule has 0 rings (SSSR count). The van der Waals surface area contributed by atoms with Crippen molar-refractivity contribution in [2.24, 2.45) is 8.94 Å². The van der Waals surface area contributed by atoms with Crippen LogP contribution in [-0.2, 0) is 10.1 Å². The van der Waals surface area contributed by atoms with E-state index in [1.165, 1.54) is 0 Å². The topological polar surface area (TPSA) is 92.8 Å². The Kier molecular flexibility index (Phi) is 4.56. The van der Waals surface area contributed by atoms with Crippen molar-refractivity contribution >= 4 is 49.9 Å². The zero-order valence-electron chi connectivity index (χ0n) is 4.69. The Balaban J connectivity index is 3.79. The van der Waals surface area contributed by atoms with Gasteiger partial charge in [0, 0.05) is 0 Å². The predicted octanol–water partition coefficient (Wildman–Crippen LogP) is 0.230. The predicted molar refractivity (Wildman–Crippen MR) is 49.6 cm³/mol. The third-order valence-electron chi connectivity index (χ3n) is 0.439. The molecule has 0 amide bonds. The summed E-state index contributed by atoms with van der Waals surface area (Å²) in [6.45, 7) is 0. The van der Waals surface area contributed by atoms with Crippen LogP contribution >= 0.6 is 34.6 Å². The van der Waals surface area contributed by atoms with E-state index in [2.05, 4.69) is 3.21 Å². The van der Waals surface area contributed by atoms with Gasteiger partial charge in [-0.15, -0.1) is 0 Å². The van der Waals surface area contributed by atoms with Gasteiger partial charge in [0.05, 0.1) is 22.9 Å². The van der Waals surface area contributed by atoms with Crippen molar-refractivity contribution in [3.63, 3.8) is 0 Å². The first kappa shape index (κ1) is 10.5. The molecular formula is C2H5IN2O3S2. The number of halogens is 1. The van der Waals surface area contributed by atoms with Gasteiger partial charge in [0.2, 0.25) is 0 Å². The molecular weight excluding hydrogens is 291 g/mol. The van der Waals surface area contributed by atoms with E-state index in [0.717, 1.165) is 11.8 Å². The Morgan fingerprint density at radius 2 is 2.30 bits per heavy atom. The Bertz CT molecular complexity index is 223. The molecule has 0 aliphatic carbocycles. The Hall–Kier alpha value is 0.460. The van der Waals surface area contributed by atoms with Gasteiger partial charge >= 0.3 is 0 Å². The normalized spacial score (nSPS) is 13.6. The van der Waals surface area contributed by atoms with Crippen molar-refractivity contribution in [2.45, 2.75) is 0 Å². The van der Waals surface area contributed by atoms with E-state index in [1.807, 2.05) is 0 Å². The van der Waals surface area contributed by atoms with Crippen LogP contribution < -0.4 is 5.73 Å². The molecule has 60 valence electrons. The Morgan fingerprint density at radius 3 is 2.60 bits per heavy atom. The summed E-state index contributed by atoms with van der Waals surface area (Å²) >= 11 is 2.40. The van der Waals surface area contributed by atoms with Crippen LogP contribution in [0.3, 0.4) is 0 Å². The molecule has 0 saturated carbocycles. The lowest BCUT2D eigenvalue weighted by Gasteiger charge is -1.93. The molecule has 0 heterocycles. The maximum atomic E-state index is 10.1. The minimum Gasteiger partial charge on any atom is -0.378 e. The highest BCUT2D eigenvalue weighted by molar-refractivity contribution is 14.1. The fourth-order valence-electron chi connectivity index (χ4n) is 0.159. The fraction of sp³-hybridized carbons (Fsp3) is 0.500. The molecule has 0 radical (unpaired) electrons. The summed E-state index contributed by atoms with van der Waals surface area (Å²) in [4.78, 5) is 0. The third-order valence-corrected chi connectivity index (χ3v) is 3.34. The minimum atomic E-state index is -3.93. The van der Waals surface area contributed by atoms with Crippen molar-refractivity contribution in [2.75, 3.05) is 5.08 Å². The minimum absolute atomic E-state index is 0.123. The molecule has 0 aromatic rings. The van der Waals surface area contributed by atoms with Gasteiger partial charge in [-0.05, 0) is 0 Å². The maximum Gasteiger partial charge on any atom is 0.274 e. The molecule has 0 spiro atoms. The van der Waals surface area contributed by atoms with Crippen molar-refractivity contribution < 1.29 is 13.0 Å². The van der Waals surface area contributed by atoms with E-state index in [4.69, 9.17) is 10.3 Å². The number of hydrogen-bond acceptors (Lipinski definition) is 4. The van der Waals surface area contributed by atoms with Crippen LogP contribution in [0, 0.1) is 0 Å². The summed E-state index contributed by atoms with van der Waals surface area (Å²) in [5.41, 5.74) is 5.11. The number of amidine groups is 1. The van der Waals surface area contributed by atoms with E-state index < -0.39 is 15.2 Å². The number of nitrogens with two attached hydrogens (primary N) is 1. The average Bonchev–Trinajstić information content (AvgIpc) is 1.81. The van der Waals surface area contributed by atoms with Gasteiger partial charge < -0.3 is 5.73 Å². The molecule has 0 saturated heterocycles. The van der Waals surface area contributed by atoms with E-state index in [9.17, 15) is 8.42 Å². The quantitative estimate of drug-likeness (QED) is 0.329. The van der Waals surface area contributed by atoms with Crippen LogP contribution in [0.4, 0.5) is 0 Å². The molecule has 0 fully saturated rings. The lowest BCUT2D eigenvalue weighted by atomic mass is 11.4. The van der Waals surface area contributed by atoms with Crippen molar-refractivity contribution in [3.05, 3.63) is 0 Å². The van der Waals surface area contributed by atoms with Crippen molar-refractivity contribution in [1.82, 2.24) is 0 Å². The van der Waals surface area contributed by atoms with Crippen molar-refractivity contribution in [1.29, 1.82) is 0 Å². The van der Waals surface area contributed by atoms with Gasteiger partial charge in [0.15, 0.2) is 5.17 Å². The zero-order chi connectivity index (χ0) is 8.20. The van der Waals surface area contributed by atoms with E-state index in [-0.39, 0.29) is 5.17 Å².